The Morgan fingerprint density at radius 1 is 1.03 bits per heavy atom. The number of unbranched alkanes of at least 4 members (excludes halogenated alkanes) is 1. The van der Waals surface area contributed by atoms with Gasteiger partial charge >= 0.3 is 0 Å². The molecule has 0 saturated carbocycles. The number of hydrogen-bond acceptors (Lipinski definition) is 7. The van der Waals surface area contributed by atoms with Crippen molar-refractivity contribution >= 4 is 46.0 Å². The molecule has 0 spiro atoms. The van der Waals surface area contributed by atoms with Crippen molar-refractivity contribution in [3.63, 3.8) is 0 Å². The lowest BCUT2D eigenvalue weighted by Crippen LogP contribution is -2.30. The van der Waals surface area contributed by atoms with Gasteiger partial charge < -0.3 is 9.64 Å². The van der Waals surface area contributed by atoms with E-state index in [9.17, 15) is 4.79 Å². The number of amidine groups is 1. The molecule has 192 valence electrons. The molecule has 1 saturated heterocycles. The van der Waals surface area contributed by atoms with Crippen LogP contribution >= 0.6 is 23.5 Å². The zero-order chi connectivity index (χ0) is 26.4. The van der Waals surface area contributed by atoms with Crippen LogP contribution in [0.2, 0.25) is 0 Å². The van der Waals surface area contributed by atoms with Crippen molar-refractivity contribution in [2.45, 2.75) is 38.5 Å². The summed E-state index contributed by atoms with van der Waals surface area (Å²) in [6.07, 6.45) is 5.47. The number of methoxy groups -OCH3 is 1. The Kier molecular flexibility index (Phi) is 8.95. The average molecular weight is 533 g/mol. The Morgan fingerprint density at radius 2 is 1.81 bits per heavy atom. The number of pyridine rings is 1. The first kappa shape index (κ1) is 26.8. The number of aromatic nitrogens is 1. The number of fused-ring (bicyclic) bond motifs is 1. The highest BCUT2D eigenvalue weighted by Crippen LogP contribution is 2.51. The lowest BCUT2D eigenvalue weighted by Gasteiger charge is -2.16. The van der Waals surface area contributed by atoms with E-state index in [-0.39, 0.29) is 5.91 Å². The van der Waals surface area contributed by atoms with E-state index >= 15 is 0 Å². The summed E-state index contributed by atoms with van der Waals surface area (Å²) in [4.78, 5) is 27.9. The van der Waals surface area contributed by atoms with E-state index in [1.807, 2.05) is 54.4 Å². The standard InChI is InChI=1S/C24H27N3O2S2.C5H5N/c1-6-7-12-27-22(28)21(31-24(27)25-18-10-8-15(2)13-16(18)3)23-26(4)19-14-17(29-5)9-11-20(19)30-23;1-2-4-6-5-3-1/h8-11,13-14H,6-7,12H2,1-5H3;1-5H/b23-21-,25-24?;. The van der Waals surface area contributed by atoms with E-state index in [4.69, 9.17) is 9.73 Å². The summed E-state index contributed by atoms with van der Waals surface area (Å²) in [7, 11) is 3.67. The first-order valence-corrected chi connectivity index (χ1v) is 13.9. The predicted molar refractivity (Wildman–Crippen MR) is 156 cm³/mol. The molecule has 6 nitrogen and oxygen atoms in total. The van der Waals surface area contributed by atoms with Crippen LogP contribution in [0.25, 0.3) is 0 Å². The first-order valence-electron chi connectivity index (χ1n) is 12.3. The molecular weight excluding hydrogens is 500 g/mol. The molecule has 0 atom stereocenters. The van der Waals surface area contributed by atoms with Gasteiger partial charge in [0.15, 0.2) is 5.17 Å². The van der Waals surface area contributed by atoms with Crippen LogP contribution in [0.5, 0.6) is 5.75 Å². The summed E-state index contributed by atoms with van der Waals surface area (Å²) in [5.74, 6) is 0.848. The van der Waals surface area contributed by atoms with Crippen LogP contribution in [0.15, 0.2) is 86.8 Å². The van der Waals surface area contributed by atoms with Crippen molar-refractivity contribution in [2.24, 2.45) is 4.99 Å². The SMILES string of the molecule is CCCCN1C(=O)/C(=C2/Sc3ccc(OC)cc3N2C)SC1=Nc1ccc(C)cc1C.c1ccncc1. The number of benzene rings is 2. The fraction of sp³-hybridized carbons (Fsp3) is 0.276. The van der Waals surface area contributed by atoms with Crippen molar-refractivity contribution in [3.8, 4) is 5.75 Å². The van der Waals surface area contributed by atoms with E-state index in [1.165, 1.54) is 17.3 Å². The third-order valence-corrected chi connectivity index (χ3v) is 8.40. The Balaban J connectivity index is 0.000000469. The maximum atomic E-state index is 13.5. The van der Waals surface area contributed by atoms with E-state index in [0.717, 1.165) is 55.5 Å². The van der Waals surface area contributed by atoms with Crippen LogP contribution < -0.4 is 9.64 Å². The molecule has 1 amide bonds. The molecule has 1 aromatic heterocycles. The molecule has 8 heteroatoms. The Morgan fingerprint density at radius 3 is 2.43 bits per heavy atom. The Labute approximate surface area is 227 Å². The minimum absolute atomic E-state index is 0.0380. The zero-order valence-electron chi connectivity index (χ0n) is 21.9. The number of aliphatic imine (C=N–C) groups is 1. The molecule has 0 unspecified atom stereocenters. The molecule has 0 aliphatic carbocycles. The summed E-state index contributed by atoms with van der Waals surface area (Å²) in [5, 5.41) is 1.71. The molecule has 2 aliphatic rings. The summed E-state index contributed by atoms with van der Waals surface area (Å²) < 4.78 is 5.38. The van der Waals surface area contributed by atoms with Crippen LogP contribution in [0, 0.1) is 13.8 Å². The Hall–Kier alpha value is -3.23. The van der Waals surface area contributed by atoms with Crippen molar-refractivity contribution < 1.29 is 9.53 Å². The molecule has 3 heterocycles. The number of ether oxygens (including phenoxy) is 1. The van der Waals surface area contributed by atoms with Crippen LogP contribution in [-0.2, 0) is 4.79 Å². The van der Waals surface area contributed by atoms with Gasteiger partial charge in [-0.3, -0.25) is 14.7 Å². The fourth-order valence-electron chi connectivity index (χ4n) is 3.93. The van der Waals surface area contributed by atoms with E-state index in [0.29, 0.717) is 6.54 Å². The van der Waals surface area contributed by atoms with E-state index in [2.05, 4.69) is 42.8 Å². The minimum atomic E-state index is 0.0380. The molecule has 5 rings (SSSR count). The van der Waals surface area contributed by atoms with Gasteiger partial charge in [-0.25, -0.2) is 4.99 Å². The summed E-state index contributed by atoms with van der Waals surface area (Å²) in [5.41, 5.74) is 4.29. The smallest absolute Gasteiger partial charge is 0.269 e. The summed E-state index contributed by atoms with van der Waals surface area (Å²) in [6.45, 7) is 6.96. The largest absolute Gasteiger partial charge is 0.497 e. The van der Waals surface area contributed by atoms with Crippen LogP contribution in [0.1, 0.15) is 30.9 Å². The summed E-state index contributed by atoms with van der Waals surface area (Å²) >= 11 is 3.11. The minimum Gasteiger partial charge on any atom is -0.497 e. The zero-order valence-corrected chi connectivity index (χ0v) is 23.5. The topological polar surface area (TPSA) is 58.0 Å². The third kappa shape index (κ3) is 6.19. The third-order valence-electron chi connectivity index (χ3n) is 5.97. The van der Waals surface area contributed by atoms with Crippen molar-refractivity contribution in [1.29, 1.82) is 0 Å². The second kappa shape index (κ2) is 12.3. The van der Waals surface area contributed by atoms with Gasteiger partial charge in [-0.2, -0.15) is 0 Å². The number of carbonyl (C=O) groups excluding carboxylic acids is 1. The van der Waals surface area contributed by atoms with Gasteiger partial charge in [0.25, 0.3) is 5.91 Å². The van der Waals surface area contributed by atoms with E-state index in [1.54, 1.807) is 31.3 Å². The monoisotopic (exact) mass is 532 g/mol. The average Bonchev–Trinajstić information content (AvgIpc) is 3.40. The van der Waals surface area contributed by atoms with Crippen molar-refractivity contribution in [2.75, 3.05) is 25.6 Å². The molecule has 2 aromatic carbocycles. The molecule has 2 aliphatic heterocycles. The lowest BCUT2D eigenvalue weighted by molar-refractivity contribution is -0.122. The number of amides is 1. The Bertz CT molecular complexity index is 1300. The van der Waals surface area contributed by atoms with Gasteiger partial charge in [-0.05, 0) is 67.9 Å². The van der Waals surface area contributed by atoms with Gasteiger partial charge in [0.1, 0.15) is 10.7 Å². The van der Waals surface area contributed by atoms with Crippen LogP contribution in [0.3, 0.4) is 0 Å². The highest BCUT2D eigenvalue weighted by atomic mass is 32.2. The van der Waals surface area contributed by atoms with Gasteiger partial charge in [0.05, 0.1) is 23.5 Å². The second-order valence-electron chi connectivity index (χ2n) is 8.75. The highest BCUT2D eigenvalue weighted by Gasteiger charge is 2.39. The van der Waals surface area contributed by atoms with Crippen molar-refractivity contribution in [1.82, 2.24) is 9.88 Å². The lowest BCUT2D eigenvalue weighted by atomic mass is 10.1. The molecule has 3 aromatic rings. The molecule has 37 heavy (non-hydrogen) atoms. The van der Waals surface area contributed by atoms with E-state index < -0.39 is 0 Å². The number of hydrogen-bond donors (Lipinski definition) is 0. The van der Waals surface area contributed by atoms with Gasteiger partial charge in [0, 0.05) is 36.9 Å². The number of rotatable bonds is 5. The van der Waals surface area contributed by atoms with Crippen LogP contribution in [0.4, 0.5) is 11.4 Å². The molecular formula is C29H32N4O2S2. The number of aryl methyl sites for hydroxylation is 2. The number of nitrogens with zero attached hydrogens (tertiary/aromatic N) is 4. The number of thioether (sulfide) groups is 2. The number of anilines is 1. The molecule has 0 radical (unpaired) electrons. The highest BCUT2D eigenvalue weighted by molar-refractivity contribution is 8.19. The van der Waals surface area contributed by atoms with Crippen molar-refractivity contribution in [3.05, 3.63) is 88.1 Å². The molecule has 0 bridgehead atoms. The fourth-order valence-corrected chi connectivity index (χ4v) is 6.27. The second-order valence-corrected chi connectivity index (χ2v) is 10.8. The summed E-state index contributed by atoms with van der Waals surface area (Å²) in [6, 6.07) is 18.0. The normalized spacial score (nSPS) is 17.6. The van der Waals surface area contributed by atoms with Gasteiger partial charge in [-0.1, -0.05) is 48.9 Å². The van der Waals surface area contributed by atoms with Gasteiger partial charge in [-0.15, -0.1) is 0 Å². The quantitative estimate of drug-likeness (QED) is 0.325. The maximum Gasteiger partial charge on any atom is 0.269 e. The molecule has 0 N–H and O–H groups in total. The van der Waals surface area contributed by atoms with Crippen LogP contribution in [-0.4, -0.2) is 41.7 Å². The molecule has 1 fully saturated rings. The number of carbonyl (C=O) groups is 1. The van der Waals surface area contributed by atoms with Gasteiger partial charge in [0.2, 0.25) is 0 Å². The first-order chi connectivity index (χ1) is 17.9. The predicted octanol–water partition coefficient (Wildman–Crippen LogP) is 7.17. The maximum absolute atomic E-state index is 13.5.